The molecule has 1 aromatic carbocycles. The van der Waals surface area contributed by atoms with Crippen LogP contribution in [0.15, 0.2) is 30.3 Å². The van der Waals surface area contributed by atoms with Gasteiger partial charge in [-0.3, -0.25) is 0 Å². The number of nitrogens with one attached hydrogen (secondary N) is 1. The standard InChI is InChI=1S/C15H23N/c1-13(2)12-16-11-5-4-6-15-9-7-14(3)8-10-15/h4,6-10,13,16H,5,11-12H2,1-3H3. The molecule has 0 atom stereocenters. The lowest BCUT2D eigenvalue weighted by Gasteiger charge is -2.04. The summed E-state index contributed by atoms with van der Waals surface area (Å²) in [6.45, 7) is 8.76. The van der Waals surface area contributed by atoms with E-state index >= 15 is 0 Å². The molecule has 1 N–H and O–H groups in total. The topological polar surface area (TPSA) is 12.0 Å². The fraction of sp³-hybridized carbons (Fsp3) is 0.467. The summed E-state index contributed by atoms with van der Waals surface area (Å²) in [5, 5.41) is 3.43. The third-order valence-electron chi connectivity index (χ3n) is 2.43. The lowest BCUT2D eigenvalue weighted by Crippen LogP contribution is -2.20. The van der Waals surface area contributed by atoms with Crippen molar-refractivity contribution in [2.75, 3.05) is 13.1 Å². The van der Waals surface area contributed by atoms with Crippen LogP contribution in [0, 0.1) is 12.8 Å². The van der Waals surface area contributed by atoms with Gasteiger partial charge in [0, 0.05) is 0 Å². The van der Waals surface area contributed by atoms with Crippen molar-refractivity contribution < 1.29 is 0 Å². The van der Waals surface area contributed by atoms with E-state index in [0.717, 1.165) is 25.4 Å². The molecular weight excluding hydrogens is 194 g/mol. The number of rotatable bonds is 6. The van der Waals surface area contributed by atoms with Crippen LogP contribution in [0.5, 0.6) is 0 Å². The maximum absolute atomic E-state index is 3.43. The van der Waals surface area contributed by atoms with Crippen LogP contribution in [-0.2, 0) is 0 Å². The van der Waals surface area contributed by atoms with Crippen molar-refractivity contribution in [2.45, 2.75) is 27.2 Å². The summed E-state index contributed by atoms with van der Waals surface area (Å²) in [4.78, 5) is 0. The van der Waals surface area contributed by atoms with Gasteiger partial charge in [0.1, 0.15) is 0 Å². The molecule has 88 valence electrons. The largest absolute Gasteiger partial charge is 0.316 e. The van der Waals surface area contributed by atoms with E-state index in [4.69, 9.17) is 0 Å². The Hall–Kier alpha value is -1.08. The molecule has 1 nitrogen and oxygen atoms in total. The van der Waals surface area contributed by atoms with E-state index in [0.29, 0.717) is 0 Å². The first kappa shape index (κ1) is 13.0. The van der Waals surface area contributed by atoms with Gasteiger partial charge in [0.2, 0.25) is 0 Å². The molecule has 0 bridgehead atoms. The fourth-order valence-electron chi connectivity index (χ4n) is 1.47. The average Bonchev–Trinajstić information content (AvgIpc) is 2.25. The molecule has 0 aliphatic carbocycles. The van der Waals surface area contributed by atoms with Gasteiger partial charge in [0.25, 0.3) is 0 Å². The Morgan fingerprint density at radius 1 is 1.19 bits per heavy atom. The molecule has 0 saturated carbocycles. The maximum atomic E-state index is 3.43. The highest BCUT2D eigenvalue weighted by atomic mass is 14.8. The van der Waals surface area contributed by atoms with Gasteiger partial charge in [-0.1, -0.05) is 55.8 Å². The van der Waals surface area contributed by atoms with Crippen molar-refractivity contribution >= 4 is 6.08 Å². The van der Waals surface area contributed by atoms with Gasteiger partial charge < -0.3 is 5.32 Å². The zero-order valence-electron chi connectivity index (χ0n) is 10.7. The molecule has 0 unspecified atom stereocenters. The summed E-state index contributed by atoms with van der Waals surface area (Å²) < 4.78 is 0. The third-order valence-corrected chi connectivity index (χ3v) is 2.43. The first-order valence-electron chi connectivity index (χ1n) is 6.12. The Morgan fingerprint density at radius 2 is 1.88 bits per heavy atom. The van der Waals surface area contributed by atoms with Gasteiger partial charge in [0.05, 0.1) is 0 Å². The second-order valence-corrected chi connectivity index (χ2v) is 4.70. The summed E-state index contributed by atoms with van der Waals surface area (Å²) in [6.07, 6.45) is 5.52. The van der Waals surface area contributed by atoms with Crippen LogP contribution in [0.3, 0.4) is 0 Å². The Kier molecular flexibility index (Phi) is 5.87. The van der Waals surface area contributed by atoms with Crippen molar-refractivity contribution in [3.63, 3.8) is 0 Å². The highest BCUT2D eigenvalue weighted by molar-refractivity contribution is 5.49. The number of aryl methyl sites for hydroxylation is 1. The van der Waals surface area contributed by atoms with Gasteiger partial charge in [-0.25, -0.2) is 0 Å². The highest BCUT2D eigenvalue weighted by Crippen LogP contribution is 2.05. The Balaban J connectivity index is 2.19. The smallest absolute Gasteiger partial charge is 0.00140 e. The number of hydrogen-bond acceptors (Lipinski definition) is 1. The van der Waals surface area contributed by atoms with Crippen molar-refractivity contribution in [1.29, 1.82) is 0 Å². The second-order valence-electron chi connectivity index (χ2n) is 4.70. The number of hydrogen-bond donors (Lipinski definition) is 1. The minimum atomic E-state index is 0.737. The van der Waals surface area contributed by atoms with Gasteiger partial charge in [-0.15, -0.1) is 0 Å². The first-order chi connectivity index (χ1) is 7.68. The van der Waals surface area contributed by atoms with E-state index in [1.807, 2.05) is 0 Å². The summed E-state index contributed by atoms with van der Waals surface area (Å²) in [5.41, 5.74) is 2.60. The summed E-state index contributed by atoms with van der Waals surface area (Å²) in [7, 11) is 0. The molecule has 0 fully saturated rings. The lowest BCUT2D eigenvalue weighted by molar-refractivity contribution is 0.557. The Morgan fingerprint density at radius 3 is 2.50 bits per heavy atom. The second kappa shape index (κ2) is 7.24. The van der Waals surface area contributed by atoms with Crippen LogP contribution in [0.1, 0.15) is 31.4 Å². The van der Waals surface area contributed by atoms with Crippen molar-refractivity contribution in [2.24, 2.45) is 5.92 Å². The van der Waals surface area contributed by atoms with E-state index in [2.05, 4.69) is 62.5 Å². The summed E-state index contributed by atoms with van der Waals surface area (Å²) >= 11 is 0. The van der Waals surface area contributed by atoms with Crippen LogP contribution in [0.4, 0.5) is 0 Å². The van der Waals surface area contributed by atoms with E-state index in [9.17, 15) is 0 Å². The fourth-order valence-corrected chi connectivity index (χ4v) is 1.47. The van der Waals surface area contributed by atoms with E-state index in [1.54, 1.807) is 0 Å². The highest BCUT2D eigenvalue weighted by Gasteiger charge is 1.90. The molecule has 0 amide bonds. The molecular formula is C15H23N. The van der Waals surface area contributed by atoms with E-state index < -0.39 is 0 Å². The molecule has 0 aromatic heterocycles. The van der Waals surface area contributed by atoms with Crippen LogP contribution >= 0.6 is 0 Å². The Bertz CT molecular complexity index is 309. The van der Waals surface area contributed by atoms with Crippen LogP contribution < -0.4 is 5.32 Å². The predicted octanol–water partition coefficient (Wildman–Crippen LogP) is 3.64. The molecule has 0 radical (unpaired) electrons. The SMILES string of the molecule is Cc1ccc(C=CCCNCC(C)C)cc1. The average molecular weight is 217 g/mol. The lowest BCUT2D eigenvalue weighted by atomic mass is 10.1. The van der Waals surface area contributed by atoms with Gasteiger partial charge in [-0.05, 0) is 37.9 Å². The van der Waals surface area contributed by atoms with Crippen LogP contribution in [-0.4, -0.2) is 13.1 Å². The minimum absolute atomic E-state index is 0.737. The van der Waals surface area contributed by atoms with Crippen molar-refractivity contribution in [3.8, 4) is 0 Å². The van der Waals surface area contributed by atoms with Gasteiger partial charge in [-0.2, -0.15) is 0 Å². The quantitative estimate of drug-likeness (QED) is 0.717. The maximum Gasteiger partial charge on any atom is -0.00140 e. The molecule has 1 rings (SSSR count). The molecule has 0 saturated heterocycles. The summed E-state index contributed by atoms with van der Waals surface area (Å²) in [5.74, 6) is 0.737. The zero-order valence-corrected chi connectivity index (χ0v) is 10.7. The van der Waals surface area contributed by atoms with Crippen LogP contribution in [0.2, 0.25) is 0 Å². The molecule has 0 aliphatic rings. The molecule has 1 heteroatoms. The van der Waals surface area contributed by atoms with E-state index in [1.165, 1.54) is 11.1 Å². The monoisotopic (exact) mass is 217 g/mol. The molecule has 16 heavy (non-hydrogen) atoms. The van der Waals surface area contributed by atoms with Crippen molar-refractivity contribution in [1.82, 2.24) is 5.32 Å². The molecule has 0 heterocycles. The van der Waals surface area contributed by atoms with Gasteiger partial charge in [0.15, 0.2) is 0 Å². The zero-order chi connectivity index (χ0) is 11.8. The van der Waals surface area contributed by atoms with Gasteiger partial charge >= 0.3 is 0 Å². The third kappa shape index (κ3) is 5.72. The van der Waals surface area contributed by atoms with E-state index in [-0.39, 0.29) is 0 Å². The minimum Gasteiger partial charge on any atom is -0.316 e. The molecule has 0 spiro atoms. The number of benzene rings is 1. The van der Waals surface area contributed by atoms with Crippen LogP contribution in [0.25, 0.3) is 6.08 Å². The first-order valence-corrected chi connectivity index (χ1v) is 6.12. The predicted molar refractivity (Wildman–Crippen MR) is 72.5 cm³/mol. The molecule has 0 aliphatic heterocycles. The summed E-state index contributed by atoms with van der Waals surface area (Å²) in [6, 6.07) is 8.62. The Labute approximate surface area is 99.6 Å². The molecule has 1 aromatic rings. The van der Waals surface area contributed by atoms with Crippen molar-refractivity contribution in [3.05, 3.63) is 41.5 Å². The normalized spacial score (nSPS) is 11.5.